The van der Waals surface area contributed by atoms with Crippen LogP contribution in [0, 0.1) is 5.82 Å². The van der Waals surface area contributed by atoms with Crippen molar-refractivity contribution in [2.45, 2.75) is 0 Å². The fraction of sp³-hybridized carbons (Fsp3) is 0.200. The van der Waals surface area contributed by atoms with Crippen LogP contribution in [-0.4, -0.2) is 21.3 Å². The van der Waals surface area contributed by atoms with Crippen molar-refractivity contribution in [1.29, 1.82) is 0 Å². The minimum Gasteiger partial charge on any atom is -0.493 e. The minimum absolute atomic E-state index is 0.0475. The molecule has 0 saturated carbocycles. The minimum atomic E-state index is -0.479. The molecule has 0 unspecified atom stereocenters. The van der Waals surface area contributed by atoms with Crippen molar-refractivity contribution in [3.8, 4) is 17.2 Å². The zero-order valence-corrected chi connectivity index (χ0v) is 12.1. The van der Waals surface area contributed by atoms with Crippen LogP contribution in [-0.2, 0) is 0 Å². The summed E-state index contributed by atoms with van der Waals surface area (Å²) < 4.78 is 29.2. The van der Waals surface area contributed by atoms with E-state index in [4.69, 9.17) is 19.9 Å². The van der Waals surface area contributed by atoms with Crippen LogP contribution < -0.4 is 25.3 Å². The monoisotopic (exact) mass is 292 g/mol. The van der Waals surface area contributed by atoms with E-state index < -0.39 is 5.82 Å². The molecule has 5 nitrogen and oxygen atoms in total. The third kappa shape index (κ3) is 2.94. The highest BCUT2D eigenvalue weighted by molar-refractivity contribution is 5.75. The number of para-hydroxylation sites is 1. The Morgan fingerprint density at radius 1 is 1.00 bits per heavy atom. The van der Waals surface area contributed by atoms with Crippen LogP contribution in [0.4, 0.5) is 21.5 Å². The van der Waals surface area contributed by atoms with E-state index in [1.165, 1.54) is 27.4 Å². The number of nitrogens with two attached hydrogens (primary N) is 1. The Hall–Kier alpha value is -2.63. The standard InChI is InChI=1S/C15H17FN2O3/c1-19-12-7-9(8-13(20-2)15(12)21-3)18-11-6-4-5-10(16)14(11)17/h4-8,18H,17H2,1-3H3. The number of hydrogen-bond acceptors (Lipinski definition) is 5. The first-order chi connectivity index (χ1) is 10.1. The molecular weight excluding hydrogens is 275 g/mol. The zero-order valence-electron chi connectivity index (χ0n) is 12.1. The van der Waals surface area contributed by atoms with E-state index in [9.17, 15) is 4.39 Å². The highest BCUT2D eigenvalue weighted by Gasteiger charge is 2.14. The second kappa shape index (κ2) is 6.21. The van der Waals surface area contributed by atoms with Gasteiger partial charge in [-0.25, -0.2) is 4.39 Å². The summed E-state index contributed by atoms with van der Waals surface area (Å²) in [6.45, 7) is 0. The van der Waals surface area contributed by atoms with Gasteiger partial charge in [-0.1, -0.05) is 6.07 Å². The Labute approximate surface area is 122 Å². The summed E-state index contributed by atoms with van der Waals surface area (Å²) in [5.41, 5.74) is 6.85. The molecule has 0 saturated heterocycles. The van der Waals surface area contributed by atoms with Crippen molar-refractivity contribution < 1.29 is 18.6 Å². The third-order valence-electron chi connectivity index (χ3n) is 3.00. The Bertz CT molecular complexity index is 622. The van der Waals surface area contributed by atoms with Crippen LogP contribution in [0.15, 0.2) is 30.3 Å². The fourth-order valence-corrected chi connectivity index (χ4v) is 1.95. The van der Waals surface area contributed by atoms with Crippen molar-refractivity contribution in [2.24, 2.45) is 0 Å². The molecule has 0 spiro atoms. The molecule has 0 aliphatic rings. The van der Waals surface area contributed by atoms with E-state index in [1.807, 2.05) is 0 Å². The summed E-state index contributed by atoms with van der Waals surface area (Å²) in [5, 5.41) is 3.03. The number of anilines is 3. The average Bonchev–Trinajstić information content (AvgIpc) is 2.50. The van der Waals surface area contributed by atoms with Gasteiger partial charge in [0.05, 0.1) is 32.7 Å². The van der Waals surface area contributed by atoms with E-state index in [2.05, 4.69) is 5.32 Å². The molecule has 0 aliphatic carbocycles. The molecule has 0 aliphatic heterocycles. The molecule has 0 radical (unpaired) electrons. The van der Waals surface area contributed by atoms with Gasteiger partial charge in [0.15, 0.2) is 11.5 Å². The summed E-state index contributed by atoms with van der Waals surface area (Å²) in [7, 11) is 4.58. The molecule has 0 amide bonds. The van der Waals surface area contributed by atoms with E-state index in [0.29, 0.717) is 28.6 Å². The summed E-state index contributed by atoms with van der Waals surface area (Å²) >= 11 is 0. The van der Waals surface area contributed by atoms with Gasteiger partial charge in [0.2, 0.25) is 5.75 Å². The first-order valence-electron chi connectivity index (χ1n) is 6.21. The van der Waals surface area contributed by atoms with E-state index in [-0.39, 0.29) is 5.69 Å². The fourth-order valence-electron chi connectivity index (χ4n) is 1.95. The second-order valence-electron chi connectivity index (χ2n) is 4.24. The van der Waals surface area contributed by atoms with Crippen molar-refractivity contribution >= 4 is 17.1 Å². The molecule has 6 heteroatoms. The first kappa shape index (κ1) is 14.8. The van der Waals surface area contributed by atoms with Gasteiger partial charge in [0, 0.05) is 17.8 Å². The Balaban J connectivity index is 2.43. The lowest BCUT2D eigenvalue weighted by molar-refractivity contribution is 0.324. The maximum atomic E-state index is 13.5. The van der Waals surface area contributed by atoms with Crippen molar-refractivity contribution in [1.82, 2.24) is 0 Å². The number of halogens is 1. The average molecular weight is 292 g/mol. The van der Waals surface area contributed by atoms with E-state index in [0.717, 1.165) is 0 Å². The van der Waals surface area contributed by atoms with Crippen LogP contribution in [0.3, 0.4) is 0 Å². The van der Waals surface area contributed by atoms with Crippen molar-refractivity contribution in [3.05, 3.63) is 36.1 Å². The first-order valence-corrected chi connectivity index (χ1v) is 6.21. The number of rotatable bonds is 5. The van der Waals surface area contributed by atoms with Gasteiger partial charge in [0.1, 0.15) is 5.82 Å². The molecule has 2 aromatic carbocycles. The quantitative estimate of drug-likeness (QED) is 0.829. The Kier molecular flexibility index (Phi) is 4.37. The molecule has 0 fully saturated rings. The molecule has 0 aromatic heterocycles. The van der Waals surface area contributed by atoms with Gasteiger partial charge in [-0.05, 0) is 12.1 Å². The topological polar surface area (TPSA) is 65.7 Å². The molecule has 21 heavy (non-hydrogen) atoms. The highest BCUT2D eigenvalue weighted by atomic mass is 19.1. The molecule has 3 N–H and O–H groups in total. The molecule has 2 aromatic rings. The number of methoxy groups -OCH3 is 3. The lowest BCUT2D eigenvalue weighted by Crippen LogP contribution is -2.01. The lowest BCUT2D eigenvalue weighted by Gasteiger charge is -2.16. The van der Waals surface area contributed by atoms with Gasteiger partial charge >= 0.3 is 0 Å². The number of hydrogen-bond donors (Lipinski definition) is 2. The van der Waals surface area contributed by atoms with Gasteiger partial charge < -0.3 is 25.3 Å². The molecule has 0 atom stereocenters. The zero-order chi connectivity index (χ0) is 15.4. The van der Waals surface area contributed by atoms with Crippen LogP contribution in [0.5, 0.6) is 17.2 Å². The summed E-state index contributed by atoms with van der Waals surface area (Å²) in [4.78, 5) is 0. The molecule has 2 rings (SSSR count). The van der Waals surface area contributed by atoms with Gasteiger partial charge in [-0.2, -0.15) is 0 Å². The maximum Gasteiger partial charge on any atom is 0.203 e. The van der Waals surface area contributed by atoms with E-state index >= 15 is 0 Å². The number of nitrogens with one attached hydrogen (secondary N) is 1. The molecular formula is C15H17FN2O3. The molecule has 112 valence electrons. The third-order valence-corrected chi connectivity index (χ3v) is 3.00. The Morgan fingerprint density at radius 3 is 2.14 bits per heavy atom. The predicted octanol–water partition coefficient (Wildman–Crippen LogP) is 3.18. The number of benzene rings is 2. The number of ether oxygens (including phenoxy) is 3. The molecule has 0 heterocycles. The number of nitrogen functional groups attached to an aromatic ring is 1. The highest BCUT2D eigenvalue weighted by Crippen LogP contribution is 2.41. The predicted molar refractivity (Wildman–Crippen MR) is 80.2 cm³/mol. The Morgan fingerprint density at radius 2 is 1.62 bits per heavy atom. The normalized spacial score (nSPS) is 10.1. The van der Waals surface area contributed by atoms with E-state index in [1.54, 1.807) is 24.3 Å². The summed E-state index contributed by atoms with van der Waals surface area (Å²) in [5.74, 6) is 0.994. The largest absolute Gasteiger partial charge is 0.493 e. The second-order valence-corrected chi connectivity index (χ2v) is 4.24. The summed E-state index contributed by atoms with van der Waals surface area (Å²) in [6.07, 6.45) is 0. The molecule has 0 bridgehead atoms. The smallest absolute Gasteiger partial charge is 0.203 e. The van der Waals surface area contributed by atoms with Gasteiger partial charge in [-0.3, -0.25) is 0 Å². The summed E-state index contributed by atoms with van der Waals surface area (Å²) in [6, 6.07) is 7.99. The van der Waals surface area contributed by atoms with Crippen LogP contribution in [0.25, 0.3) is 0 Å². The van der Waals surface area contributed by atoms with Gasteiger partial charge in [-0.15, -0.1) is 0 Å². The van der Waals surface area contributed by atoms with Gasteiger partial charge in [0.25, 0.3) is 0 Å². The van der Waals surface area contributed by atoms with Crippen molar-refractivity contribution in [3.63, 3.8) is 0 Å². The SMILES string of the molecule is COc1cc(Nc2cccc(F)c2N)cc(OC)c1OC. The van der Waals surface area contributed by atoms with Crippen molar-refractivity contribution in [2.75, 3.05) is 32.4 Å². The van der Waals surface area contributed by atoms with Crippen LogP contribution in [0.2, 0.25) is 0 Å². The lowest BCUT2D eigenvalue weighted by atomic mass is 10.2. The van der Waals surface area contributed by atoms with Crippen LogP contribution in [0.1, 0.15) is 0 Å². The van der Waals surface area contributed by atoms with Crippen LogP contribution >= 0.6 is 0 Å². The maximum absolute atomic E-state index is 13.5.